The molecule has 5 aliphatic rings. The number of amides is 1. The molecule has 11 heteroatoms. The van der Waals surface area contributed by atoms with Crippen LogP contribution in [0.15, 0.2) is 6.07 Å². The molecule has 0 radical (unpaired) electrons. The van der Waals surface area contributed by atoms with Crippen LogP contribution in [0, 0.1) is 35.5 Å². The third kappa shape index (κ3) is 4.00. The Morgan fingerprint density at radius 1 is 1.05 bits per heavy atom. The largest absolute Gasteiger partial charge is 0.507 e. The molecule has 0 spiro atoms. The van der Waals surface area contributed by atoms with Gasteiger partial charge in [0.15, 0.2) is 34.7 Å². The highest BCUT2D eigenvalue weighted by atomic mass is 16.3. The molecule has 4 aliphatic carbocycles. The Morgan fingerprint density at radius 2 is 1.69 bits per heavy atom. The zero-order chi connectivity index (χ0) is 30.4. The molecule has 1 amide bonds. The first-order valence-corrected chi connectivity index (χ1v) is 14.9. The van der Waals surface area contributed by atoms with Crippen LogP contribution in [0.2, 0.25) is 0 Å². The maximum absolute atomic E-state index is 14.2. The van der Waals surface area contributed by atoms with Crippen molar-refractivity contribution in [2.75, 3.05) is 46.2 Å². The van der Waals surface area contributed by atoms with Gasteiger partial charge in [0.05, 0.1) is 17.5 Å². The van der Waals surface area contributed by atoms with Crippen LogP contribution in [0.5, 0.6) is 5.75 Å². The van der Waals surface area contributed by atoms with Crippen LogP contribution in [-0.2, 0) is 32.1 Å². The van der Waals surface area contributed by atoms with Crippen molar-refractivity contribution in [1.82, 2.24) is 9.80 Å². The fraction of sp³-hybridized carbons (Fsp3) is 0.645. The van der Waals surface area contributed by atoms with Gasteiger partial charge >= 0.3 is 0 Å². The van der Waals surface area contributed by atoms with Crippen molar-refractivity contribution in [1.29, 1.82) is 0 Å². The monoisotopic (exact) mass is 580 g/mol. The fourth-order valence-corrected chi connectivity index (χ4v) is 8.93. The van der Waals surface area contributed by atoms with Crippen LogP contribution >= 0.6 is 0 Å². The van der Waals surface area contributed by atoms with Crippen molar-refractivity contribution in [3.63, 3.8) is 0 Å². The Balaban J connectivity index is 1.41. The highest BCUT2D eigenvalue weighted by Crippen LogP contribution is 2.52. The van der Waals surface area contributed by atoms with Crippen LogP contribution in [0.3, 0.4) is 0 Å². The molecule has 4 N–H and O–H groups in total. The predicted octanol–water partition coefficient (Wildman–Crippen LogP) is 0.165. The van der Waals surface area contributed by atoms with Crippen molar-refractivity contribution in [2.24, 2.45) is 41.2 Å². The summed E-state index contributed by atoms with van der Waals surface area (Å²) in [7, 11) is 6.88. The number of carbonyl (C=O) groups excluding carboxylic acids is 5. The predicted molar refractivity (Wildman–Crippen MR) is 152 cm³/mol. The lowest BCUT2D eigenvalue weighted by molar-refractivity contribution is -0.181. The summed E-state index contributed by atoms with van der Waals surface area (Å²) in [5, 5.41) is 23.4. The molecule has 1 aromatic carbocycles. The third-order valence-electron chi connectivity index (χ3n) is 10.8. The van der Waals surface area contributed by atoms with E-state index in [-0.39, 0.29) is 24.2 Å². The minimum absolute atomic E-state index is 0.0375. The number of anilines is 1. The number of hydrogen-bond donors (Lipinski definition) is 3. The van der Waals surface area contributed by atoms with Gasteiger partial charge in [-0.25, -0.2) is 0 Å². The lowest BCUT2D eigenvalue weighted by Gasteiger charge is -2.52. The molecule has 4 unspecified atom stereocenters. The summed E-state index contributed by atoms with van der Waals surface area (Å²) in [5.74, 6) is -8.85. The number of fused-ring (bicyclic) bond motifs is 4. The van der Waals surface area contributed by atoms with E-state index >= 15 is 0 Å². The first-order chi connectivity index (χ1) is 19.8. The summed E-state index contributed by atoms with van der Waals surface area (Å²) in [5.41, 5.74) is 4.73. The Bertz CT molecular complexity index is 1390. The number of likely N-dealkylation sites (N-methyl/N-ethyl adjacent to an activating group) is 1. The van der Waals surface area contributed by atoms with Gasteiger partial charge in [0.2, 0.25) is 5.91 Å². The molecule has 3 saturated carbocycles. The number of likely N-dealkylation sites (tertiary alicyclic amines) is 1. The summed E-state index contributed by atoms with van der Waals surface area (Å²) in [6.07, 6.45) is 3.96. The van der Waals surface area contributed by atoms with E-state index in [9.17, 15) is 34.2 Å². The molecule has 0 aromatic heterocycles. The van der Waals surface area contributed by atoms with Gasteiger partial charge in [-0.05, 0) is 69.2 Å². The summed E-state index contributed by atoms with van der Waals surface area (Å²) >= 11 is 0. The second kappa shape index (κ2) is 9.96. The lowest BCUT2D eigenvalue weighted by Crippen LogP contribution is -2.74. The summed E-state index contributed by atoms with van der Waals surface area (Å²) < 4.78 is 0. The van der Waals surface area contributed by atoms with Gasteiger partial charge in [-0.15, -0.1) is 0 Å². The molecule has 0 bridgehead atoms. The molecule has 4 fully saturated rings. The Labute approximate surface area is 245 Å². The number of nitrogens with zero attached hydrogens (tertiary/aromatic N) is 3. The zero-order valence-electron chi connectivity index (χ0n) is 24.6. The van der Waals surface area contributed by atoms with Crippen molar-refractivity contribution in [3.05, 3.63) is 22.8 Å². The van der Waals surface area contributed by atoms with Crippen molar-refractivity contribution in [3.8, 4) is 5.75 Å². The van der Waals surface area contributed by atoms with Crippen LogP contribution in [0.1, 0.15) is 47.2 Å². The van der Waals surface area contributed by atoms with Gasteiger partial charge in [0.1, 0.15) is 5.75 Å². The molecular weight excluding hydrogens is 540 g/mol. The average molecular weight is 581 g/mol. The van der Waals surface area contributed by atoms with Crippen LogP contribution in [0.4, 0.5) is 5.69 Å². The first-order valence-electron chi connectivity index (χ1n) is 14.9. The molecule has 8 atom stereocenters. The van der Waals surface area contributed by atoms with E-state index < -0.39 is 64.4 Å². The number of aromatic hydroxyl groups is 1. The van der Waals surface area contributed by atoms with Crippen LogP contribution in [-0.4, -0.2) is 102 Å². The van der Waals surface area contributed by atoms with E-state index in [1.54, 1.807) is 14.1 Å². The lowest BCUT2D eigenvalue weighted by atomic mass is 9.52. The zero-order valence-corrected chi connectivity index (χ0v) is 24.6. The summed E-state index contributed by atoms with van der Waals surface area (Å²) in [4.78, 5) is 73.0. The number of phenolic OH excluding ortho intramolecular Hbond substituents is 1. The van der Waals surface area contributed by atoms with Crippen LogP contribution < -0.4 is 10.6 Å². The topological polar surface area (TPSA) is 162 Å². The molecular formula is C31H40N4O7. The van der Waals surface area contributed by atoms with Crippen molar-refractivity contribution >= 4 is 34.7 Å². The number of rotatable bonds is 5. The molecule has 1 heterocycles. The van der Waals surface area contributed by atoms with E-state index in [1.165, 1.54) is 24.2 Å². The first kappa shape index (κ1) is 28.9. The third-order valence-corrected chi connectivity index (χ3v) is 10.8. The number of hydrogen-bond acceptors (Lipinski definition) is 10. The van der Waals surface area contributed by atoms with E-state index in [2.05, 4.69) is 4.90 Å². The number of primary amides is 1. The van der Waals surface area contributed by atoms with E-state index in [4.69, 9.17) is 5.73 Å². The molecule has 42 heavy (non-hydrogen) atoms. The van der Waals surface area contributed by atoms with Crippen molar-refractivity contribution in [2.45, 2.75) is 50.3 Å². The summed E-state index contributed by atoms with van der Waals surface area (Å²) in [6.45, 7) is 2.36. The van der Waals surface area contributed by atoms with E-state index in [0.717, 1.165) is 18.8 Å². The van der Waals surface area contributed by atoms with Gasteiger partial charge in [0.25, 0.3) is 0 Å². The normalized spacial score (nSPS) is 36.1. The Morgan fingerprint density at radius 3 is 2.26 bits per heavy atom. The second-order valence-electron chi connectivity index (χ2n) is 13.6. The SMILES string of the molecule is CN(C)c1cc(CN2CC3CCCC3C2)c(O)c2c1C[C@H]1C[C@H]3[C@H](N(C)C)C(=O)C(C(N)=O)C(=O)[C@@]3(O)C(=O)C1C2=O. The molecule has 1 saturated heterocycles. The average Bonchev–Trinajstić information content (AvgIpc) is 3.49. The quantitative estimate of drug-likeness (QED) is 0.409. The minimum atomic E-state index is -2.72. The fourth-order valence-electron chi connectivity index (χ4n) is 8.93. The minimum Gasteiger partial charge on any atom is -0.507 e. The van der Waals surface area contributed by atoms with Crippen molar-refractivity contribution < 1.29 is 34.2 Å². The van der Waals surface area contributed by atoms with Gasteiger partial charge < -0.3 is 20.8 Å². The Hall–Kier alpha value is -3.15. The number of phenols is 1. The molecule has 226 valence electrons. The number of benzene rings is 1. The maximum Gasteiger partial charge on any atom is 0.235 e. The maximum atomic E-state index is 14.2. The van der Waals surface area contributed by atoms with Gasteiger partial charge in [-0.1, -0.05) is 6.42 Å². The number of Topliss-reactive ketones (excluding diaryl/α,β-unsaturated/α-hetero) is 4. The highest BCUT2D eigenvalue weighted by molar-refractivity contribution is 6.32. The van der Waals surface area contributed by atoms with Gasteiger partial charge in [-0.2, -0.15) is 0 Å². The van der Waals surface area contributed by atoms with E-state index in [0.29, 0.717) is 29.5 Å². The number of ketones is 4. The molecule has 11 nitrogen and oxygen atoms in total. The summed E-state index contributed by atoms with van der Waals surface area (Å²) in [6, 6.07) is 0.806. The standard InChI is InChI=1S/C31H40N4O7/c1-33(2)20-10-17(13-35-11-14-6-5-7-15(14)12-35)25(36)22-18(20)8-16-9-19-24(34(3)4)27(38)23(30(32)41)29(40)31(19,42)28(39)21(16)26(22)37/h10,14-16,19,21,23-24,36,42H,5-9,11-13H2,1-4H3,(H2,32,41)/t14?,15?,16-,19-,21?,23?,24-,31-/m0/s1. The smallest absolute Gasteiger partial charge is 0.235 e. The van der Waals surface area contributed by atoms with Crippen LogP contribution in [0.25, 0.3) is 0 Å². The molecule has 1 aliphatic heterocycles. The molecule has 6 rings (SSSR count). The van der Waals surface area contributed by atoms with E-state index in [1.807, 2.05) is 25.1 Å². The van der Waals surface area contributed by atoms with Gasteiger partial charge in [-0.3, -0.25) is 33.8 Å². The number of aliphatic hydroxyl groups is 1. The Kier molecular flexibility index (Phi) is 6.86. The van der Waals surface area contributed by atoms with Gasteiger partial charge in [0, 0.05) is 50.9 Å². The second-order valence-corrected chi connectivity index (χ2v) is 13.6. The number of nitrogens with two attached hydrogens (primary N) is 1. The number of carbonyl (C=O) groups is 5. The molecule has 1 aromatic rings. The highest BCUT2D eigenvalue weighted by Gasteiger charge is 2.69.